The van der Waals surface area contributed by atoms with Crippen LogP contribution < -0.4 is 0 Å². The van der Waals surface area contributed by atoms with E-state index >= 15 is 0 Å². The maximum absolute atomic E-state index is 10.4. The number of carboxylic acid groups (broad SMARTS) is 1. The molecule has 1 N–H and O–H groups in total. The zero-order chi connectivity index (χ0) is 19.1. The molecule has 0 aliphatic heterocycles. The Morgan fingerprint density at radius 1 is 0.577 bits per heavy atom. The zero-order valence-corrected chi connectivity index (χ0v) is 17.1. The van der Waals surface area contributed by atoms with Crippen molar-refractivity contribution < 1.29 is 9.90 Å². The number of unbranched alkanes of at least 4 members (excludes halogenated alkanes) is 11. The quantitative estimate of drug-likeness (QED) is 0.187. The molecule has 0 unspecified atom stereocenters. The summed E-state index contributed by atoms with van der Waals surface area (Å²) in [4.78, 5) is 10.4. The number of rotatable bonds is 19. The van der Waals surface area contributed by atoms with Crippen molar-refractivity contribution in [3.63, 3.8) is 0 Å². The summed E-state index contributed by atoms with van der Waals surface area (Å²) in [6.45, 7) is 2.27. The third kappa shape index (κ3) is 22.7. The number of hydrogen-bond donors (Lipinski definition) is 1. The van der Waals surface area contributed by atoms with Gasteiger partial charge in [-0.2, -0.15) is 0 Å². The molecule has 0 saturated heterocycles. The molecule has 0 radical (unpaired) electrons. The van der Waals surface area contributed by atoms with Crippen LogP contribution in [0.5, 0.6) is 0 Å². The van der Waals surface area contributed by atoms with E-state index in [0.717, 1.165) is 25.7 Å². The summed E-state index contributed by atoms with van der Waals surface area (Å²) in [5.74, 6) is -0.699. The molecule has 0 heterocycles. The molecule has 0 amide bonds. The minimum Gasteiger partial charge on any atom is -0.481 e. The lowest BCUT2D eigenvalue weighted by atomic mass is 10.1. The molecule has 0 saturated carbocycles. The zero-order valence-electron chi connectivity index (χ0n) is 17.1. The van der Waals surface area contributed by atoms with Crippen LogP contribution in [0.25, 0.3) is 0 Å². The Morgan fingerprint density at radius 3 is 1.46 bits per heavy atom. The van der Waals surface area contributed by atoms with Crippen molar-refractivity contribution in [3.8, 4) is 0 Å². The van der Waals surface area contributed by atoms with Crippen LogP contribution in [0.3, 0.4) is 0 Å². The first-order valence-corrected chi connectivity index (χ1v) is 10.9. The fraction of sp³-hybridized carbons (Fsp3) is 0.708. The number of carbonyl (C=O) groups is 1. The van der Waals surface area contributed by atoms with Gasteiger partial charge in [0, 0.05) is 6.42 Å². The molecule has 0 rings (SSSR count). The van der Waals surface area contributed by atoms with Crippen molar-refractivity contribution in [2.24, 2.45) is 0 Å². The van der Waals surface area contributed by atoms with Crippen molar-refractivity contribution in [2.75, 3.05) is 0 Å². The Morgan fingerprint density at radius 2 is 0.962 bits per heavy atom. The first-order chi connectivity index (χ1) is 12.8. The number of allylic oxidation sites excluding steroid dienone is 6. The van der Waals surface area contributed by atoms with Crippen molar-refractivity contribution in [3.05, 3.63) is 36.5 Å². The van der Waals surface area contributed by atoms with Crippen molar-refractivity contribution >= 4 is 5.97 Å². The van der Waals surface area contributed by atoms with Gasteiger partial charge in [-0.05, 0) is 64.2 Å². The van der Waals surface area contributed by atoms with Crippen LogP contribution in [-0.2, 0) is 4.79 Å². The lowest BCUT2D eigenvalue weighted by Crippen LogP contribution is -1.92. The monoisotopic (exact) mass is 362 g/mol. The summed E-state index contributed by atoms with van der Waals surface area (Å²) in [7, 11) is 0. The molecule has 0 bridgehead atoms. The molecule has 0 spiro atoms. The fourth-order valence-corrected chi connectivity index (χ4v) is 2.84. The van der Waals surface area contributed by atoms with Gasteiger partial charge in [0.05, 0.1) is 0 Å². The third-order valence-electron chi connectivity index (χ3n) is 4.48. The van der Waals surface area contributed by atoms with Crippen LogP contribution in [0.15, 0.2) is 36.5 Å². The maximum Gasteiger partial charge on any atom is 0.303 e. The van der Waals surface area contributed by atoms with Gasteiger partial charge in [-0.3, -0.25) is 4.79 Å². The summed E-state index contributed by atoms with van der Waals surface area (Å²) in [5.41, 5.74) is 0. The molecule has 0 aliphatic carbocycles. The van der Waals surface area contributed by atoms with Gasteiger partial charge < -0.3 is 5.11 Å². The number of carboxylic acids is 1. The average molecular weight is 363 g/mol. The highest BCUT2D eigenvalue weighted by Gasteiger charge is 1.93. The summed E-state index contributed by atoms with van der Waals surface area (Å²) < 4.78 is 0. The molecule has 0 aromatic rings. The van der Waals surface area contributed by atoms with Crippen LogP contribution in [-0.4, -0.2) is 11.1 Å². The van der Waals surface area contributed by atoms with Crippen molar-refractivity contribution in [2.45, 2.75) is 110 Å². The second-order valence-electron chi connectivity index (χ2n) is 7.12. The van der Waals surface area contributed by atoms with Crippen molar-refractivity contribution in [1.29, 1.82) is 0 Å². The molecule has 0 aromatic heterocycles. The van der Waals surface area contributed by atoms with Gasteiger partial charge in [-0.15, -0.1) is 0 Å². The average Bonchev–Trinajstić information content (AvgIpc) is 2.62. The highest BCUT2D eigenvalue weighted by Crippen LogP contribution is 2.08. The van der Waals surface area contributed by atoms with Gasteiger partial charge in [-0.25, -0.2) is 0 Å². The van der Waals surface area contributed by atoms with Gasteiger partial charge in [-0.1, -0.05) is 75.5 Å². The lowest BCUT2D eigenvalue weighted by Gasteiger charge is -1.98. The summed E-state index contributed by atoms with van der Waals surface area (Å²) in [6.07, 6.45) is 32.2. The van der Waals surface area contributed by atoms with E-state index in [4.69, 9.17) is 5.11 Å². The predicted molar refractivity (Wildman–Crippen MR) is 115 cm³/mol. The van der Waals surface area contributed by atoms with Crippen LogP contribution in [0.1, 0.15) is 110 Å². The van der Waals surface area contributed by atoms with Gasteiger partial charge in [0.1, 0.15) is 0 Å². The normalized spacial score (nSPS) is 12.0. The maximum atomic E-state index is 10.4. The van der Waals surface area contributed by atoms with E-state index in [1.807, 2.05) is 0 Å². The minimum absolute atomic E-state index is 0.276. The van der Waals surface area contributed by atoms with Crippen LogP contribution >= 0.6 is 0 Å². The molecular formula is C24H42O2. The second kappa shape index (κ2) is 21.7. The van der Waals surface area contributed by atoms with E-state index < -0.39 is 5.97 Å². The lowest BCUT2D eigenvalue weighted by molar-refractivity contribution is -0.137. The molecule has 0 atom stereocenters. The Hall–Kier alpha value is -1.31. The molecule has 0 aromatic carbocycles. The van der Waals surface area contributed by atoms with Gasteiger partial charge in [0.2, 0.25) is 0 Å². The molecule has 0 fully saturated rings. The van der Waals surface area contributed by atoms with E-state index in [0.29, 0.717) is 0 Å². The first-order valence-electron chi connectivity index (χ1n) is 10.9. The van der Waals surface area contributed by atoms with Crippen molar-refractivity contribution in [1.82, 2.24) is 0 Å². The van der Waals surface area contributed by atoms with E-state index in [2.05, 4.69) is 43.4 Å². The Bertz CT molecular complexity index is 380. The van der Waals surface area contributed by atoms with E-state index in [9.17, 15) is 4.79 Å². The fourth-order valence-electron chi connectivity index (χ4n) is 2.84. The standard InChI is InChI=1S/C24H42O2/c1-2-3-4-5-6-7-8-9-10-11-12-13-14-15-16-17-18-19-20-21-22-23-24(25)26/h9-10,15-16,19-20H,2-8,11-14,17-18,21-23H2,1H3,(H,25,26)/b10-9-,16-15-,20-19-. The Balaban J connectivity index is 3.24. The summed E-state index contributed by atoms with van der Waals surface area (Å²) in [6, 6.07) is 0. The van der Waals surface area contributed by atoms with Gasteiger partial charge in [0.15, 0.2) is 0 Å². The van der Waals surface area contributed by atoms with E-state index in [1.54, 1.807) is 0 Å². The molecular weight excluding hydrogens is 320 g/mol. The first kappa shape index (κ1) is 24.7. The summed E-state index contributed by atoms with van der Waals surface area (Å²) >= 11 is 0. The topological polar surface area (TPSA) is 37.3 Å². The Labute approximate surface area is 162 Å². The molecule has 2 heteroatoms. The van der Waals surface area contributed by atoms with Crippen LogP contribution in [0, 0.1) is 0 Å². The van der Waals surface area contributed by atoms with E-state index in [-0.39, 0.29) is 6.42 Å². The third-order valence-corrected chi connectivity index (χ3v) is 4.48. The number of aliphatic carboxylic acids is 1. The highest BCUT2D eigenvalue weighted by molar-refractivity contribution is 5.66. The molecule has 0 aliphatic rings. The molecule has 26 heavy (non-hydrogen) atoms. The van der Waals surface area contributed by atoms with E-state index in [1.165, 1.54) is 70.6 Å². The van der Waals surface area contributed by atoms with Crippen LogP contribution in [0.2, 0.25) is 0 Å². The second-order valence-corrected chi connectivity index (χ2v) is 7.12. The highest BCUT2D eigenvalue weighted by atomic mass is 16.4. The molecule has 150 valence electrons. The van der Waals surface area contributed by atoms with Crippen LogP contribution in [0.4, 0.5) is 0 Å². The summed E-state index contributed by atoms with van der Waals surface area (Å²) in [5, 5.41) is 8.54. The van der Waals surface area contributed by atoms with Gasteiger partial charge >= 0.3 is 5.97 Å². The smallest absolute Gasteiger partial charge is 0.303 e. The number of hydrogen-bond acceptors (Lipinski definition) is 1. The SMILES string of the molecule is CCCCCCCC/C=C\CCCC/C=C\CC/C=C\CCCC(=O)O. The molecule has 2 nitrogen and oxygen atoms in total. The predicted octanol–water partition coefficient (Wildman–Crippen LogP) is 8.00. The van der Waals surface area contributed by atoms with Gasteiger partial charge in [0.25, 0.3) is 0 Å². The largest absolute Gasteiger partial charge is 0.481 e. The minimum atomic E-state index is -0.699. The Kier molecular flexibility index (Phi) is 20.6.